The van der Waals surface area contributed by atoms with Crippen LogP contribution in [0.4, 0.5) is 0 Å². The molecule has 0 aromatic heterocycles. The maximum Gasteiger partial charge on any atom is 0.0618 e. The Kier molecular flexibility index (Phi) is 6.37. The lowest BCUT2D eigenvalue weighted by Crippen LogP contribution is -2.46. The Balaban J connectivity index is 2.36. The molecule has 0 spiro atoms. The highest BCUT2D eigenvalue weighted by Crippen LogP contribution is 2.26. The largest absolute Gasteiger partial charge is 0.383 e. The second-order valence-electron chi connectivity index (χ2n) is 5.66. The summed E-state index contributed by atoms with van der Waals surface area (Å²) < 4.78 is 5.29. The molecule has 2 atom stereocenters. The van der Waals surface area contributed by atoms with E-state index in [4.69, 9.17) is 4.74 Å². The highest BCUT2D eigenvalue weighted by Gasteiger charge is 2.23. The molecule has 0 saturated heterocycles. The number of rotatable bonds is 6. The fraction of sp³-hybridized carbons (Fsp3) is 1.00. The highest BCUT2D eigenvalue weighted by molar-refractivity contribution is 4.80. The van der Waals surface area contributed by atoms with E-state index < -0.39 is 0 Å². The zero-order valence-corrected chi connectivity index (χ0v) is 11.5. The van der Waals surface area contributed by atoms with E-state index in [1.807, 2.05) is 0 Å². The van der Waals surface area contributed by atoms with E-state index in [0.29, 0.717) is 18.0 Å². The number of methoxy groups -OCH3 is 1. The molecule has 1 fully saturated rings. The van der Waals surface area contributed by atoms with Gasteiger partial charge in [-0.25, -0.2) is 0 Å². The Bertz CT molecular complexity index is 176. The lowest BCUT2D eigenvalue weighted by molar-refractivity contribution is 0.130. The lowest BCUT2D eigenvalue weighted by atomic mass is 9.84. The first-order chi connectivity index (χ1) is 7.65. The summed E-state index contributed by atoms with van der Waals surface area (Å²) in [7, 11) is 1.79. The molecule has 1 unspecified atom stereocenters. The van der Waals surface area contributed by atoms with Crippen molar-refractivity contribution in [1.82, 2.24) is 5.32 Å². The fourth-order valence-corrected chi connectivity index (χ4v) is 2.72. The van der Waals surface area contributed by atoms with Crippen LogP contribution in [0.3, 0.4) is 0 Å². The summed E-state index contributed by atoms with van der Waals surface area (Å²) in [4.78, 5) is 0. The summed E-state index contributed by atoms with van der Waals surface area (Å²) in [6, 6.07) is 1.14. The van der Waals surface area contributed by atoms with Crippen LogP contribution in [0.15, 0.2) is 0 Å². The Morgan fingerprint density at radius 2 is 1.75 bits per heavy atom. The molecule has 0 amide bonds. The van der Waals surface area contributed by atoms with Gasteiger partial charge in [-0.1, -0.05) is 33.1 Å². The molecule has 1 saturated carbocycles. The first-order valence-corrected chi connectivity index (χ1v) is 6.90. The van der Waals surface area contributed by atoms with Gasteiger partial charge >= 0.3 is 0 Å². The molecule has 1 aliphatic carbocycles. The van der Waals surface area contributed by atoms with E-state index >= 15 is 0 Å². The summed E-state index contributed by atoms with van der Waals surface area (Å²) >= 11 is 0. The van der Waals surface area contributed by atoms with Crippen LogP contribution in [0.25, 0.3) is 0 Å². The molecule has 0 aromatic rings. The van der Waals surface area contributed by atoms with Crippen molar-refractivity contribution in [2.45, 2.75) is 65.0 Å². The minimum absolute atomic E-state index is 0.502. The average Bonchev–Trinajstić information content (AvgIpc) is 2.29. The van der Waals surface area contributed by atoms with Crippen LogP contribution in [-0.2, 0) is 4.74 Å². The number of hydrogen-bond donors (Lipinski definition) is 1. The Morgan fingerprint density at radius 3 is 2.25 bits per heavy atom. The van der Waals surface area contributed by atoms with Crippen molar-refractivity contribution in [3.63, 3.8) is 0 Å². The topological polar surface area (TPSA) is 21.3 Å². The normalized spacial score (nSPS) is 22.3. The molecule has 0 radical (unpaired) electrons. The van der Waals surface area contributed by atoms with Crippen molar-refractivity contribution in [3.8, 4) is 0 Å². The SMILES string of the molecule is COCC(N[C@@H](C)C1CCCCC1)C(C)C. The van der Waals surface area contributed by atoms with Gasteiger partial charge < -0.3 is 10.1 Å². The van der Waals surface area contributed by atoms with Gasteiger partial charge in [0.2, 0.25) is 0 Å². The van der Waals surface area contributed by atoms with Crippen LogP contribution in [0.2, 0.25) is 0 Å². The molecule has 1 aliphatic rings. The summed E-state index contributed by atoms with van der Waals surface area (Å²) in [5.41, 5.74) is 0. The van der Waals surface area contributed by atoms with E-state index in [9.17, 15) is 0 Å². The zero-order chi connectivity index (χ0) is 12.0. The van der Waals surface area contributed by atoms with Crippen LogP contribution < -0.4 is 5.32 Å². The first-order valence-electron chi connectivity index (χ1n) is 6.90. The van der Waals surface area contributed by atoms with Crippen molar-refractivity contribution >= 4 is 0 Å². The maximum atomic E-state index is 5.29. The van der Waals surface area contributed by atoms with Crippen molar-refractivity contribution in [2.75, 3.05) is 13.7 Å². The Labute approximate surface area is 101 Å². The van der Waals surface area contributed by atoms with E-state index in [-0.39, 0.29) is 0 Å². The molecular weight excluding hydrogens is 198 g/mol. The quantitative estimate of drug-likeness (QED) is 0.752. The van der Waals surface area contributed by atoms with Gasteiger partial charge in [-0.05, 0) is 31.6 Å². The van der Waals surface area contributed by atoms with Gasteiger partial charge in [0.1, 0.15) is 0 Å². The predicted molar refractivity (Wildman–Crippen MR) is 69.7 cm³/mol. The molecule has 96 valence electrons. The Hall–Kier alpha value is -0.0800. The van der Waals surface area contributed by atoms with Gasteiger partial charge in [-0.2, -0.15) is 0 Å². The fourth-order valence-electron chi connectivity index (χ4n) is 2.72. The number of ether oxygens (including phenoxy) is 1. The second kappa shape index (κ2) is 7.29. The van der Waals surface area contributed by atoms with Gasteiger partial charge in [0.05, 0.1) is 6.61 Å². The van der Waals surface area contributed by atoms with Crippen molar-refractivity contribution in [3.05, 3.63) is 0 Å². The van der Waals surface area contributed by atoms with Gasteiger partial charge in [0.15, 0.2) is 0 Å². The van der Waals surface area contributed by atoms with Gasteiger partial charge in [0.25, 0.3) is 0 Å². The minimum atomic E-state index is 0.502. The molecule has 16 heavy (non-hydrogen) atoms. The van der Waals surface area contributed by atoms with E-state index in [2.05, 4.69) is 26.1 Å². The van der Waals surface area contributed by atoms with Crippen LogP contribution >= 0.6 is 0 Å². The molecule has 0 bridgehead atoms. The smallest absolute Gasteiger partial charge is 0.0618 e. The molecule has 2 nitrogen and oxygen atoms in total. The molecule has 0 aromatic carbocycles. The van der Waals surface area contributed by atoms with Crippen LogP contribution in [0, 0.1) is 11.8 Å². The number of nitrogens with one attached hydrogen (secondary N) is 1. The Morgan fingerprint density at radius 1 is 1.12 bits per heavy atom. The third-order valence-electron chi connectivity index (χ3n) is 3.98. The van der Waals surface area contributed by atoms with Gasteiger partial charge in [-0.3, -0.25) is 0 Å². The van der Waals surface area contributed by atoms with E-state index in [0.717, 1.165) is 12.5 Å². The van der Waals surface area contributed by atoms with Gasteiger partial charge in [0, 0.05) is 19.2 Å². The highest BCUT2D eigenvalue weighted by atomic mass is 16.5. The summed E-state index contributed by atoms with van der Waals surface area (Å²) in [6.45, 7) is 7.71. The van der Waals surface area contributed by atoms with Crippen LogP contribution in [0.1, 0.15) is 52.9 Å². The lowest BCUT2D eigenvalue weighted by Gasteiger charge is -2.33. The zero-order valence-electron chi connectivity index (χ0n) is 11.5. The monoisotopic (exact) mass is 227 g/mol. The van der Waals surface area contributed by atoms with E-state index in [1.165, 1.54) is 32.1 Å². The summed E-state index contributed by atoms with van der Waals surface area (Å²) in [5.74, 6) is 1.53. The average molecular weight is 227 g/mol. The molecule has 2 heteroatoms. The first kappa shape index (κ1) is 14.0. The second-order valence-corrected chi connectivity index (χ2v) is 5.66. The van der Waals surface area contributed by atoms with Crippen molar-refractivity contribution < 1.29 is 4.74 Å². The van der Waals surface area contributed by atoms with Crippen LogP contribution in [0.5, 0.6) is 0 Å². The van der Waals surface area contributed by atoms with Crippen LogP contribution in [-0.4, -0.2) is 25.8 Å². The third kappa shape index (κ3) is 4.42. The summed E-state index contributed by atoms with van der Waals surface area (Å²) in [6.07, 6.45) is 7.10. The minimum Gasteiger partial charge on any atom is -0.383 e. The molecule has 0 heterocycles. The van der Waals surface area contributed by atoms with E-state index in [1.54, 1.807) is 7.11 Å². The predicted octanol–water partition coefficient (Wildman–Crippen LogP) is 3.22. The molecular formula is C14H29NO. The number of hydrogen-bond acceptors (Lipinski definition) is 2. The van der Waals surface area contributed by atoms with Crippen molar-refractivity contribution in [2.24, 2.45) is 11.8 Å². The third-order valence-corrected chi connectivity index (χ3v) is 3.98. The summed E-state index contributed by atoms with van der Waals surface area (Å²) in [5, 5.41) is 3.76. The standard InChI is InChI=1S/C14H29NO/c1-11(2)14(10-16-4)15-12(3)13-8-6-5-7-9-13/h11-15H,5-10H2,1-4H3/t12-,14?/m0/s1. The maximum absolute atomic E-state index is 5.29. The molecule has 1 N–H and O–H groups in total. The molecule has 1 rings (SSSR count). The molecule has 0 aliphatic heterocycles. The van der Waals surface area contributed by atoms with Gasteiger partial charge in [-0.15, -0.1) is 0 Å². The van der Waals surface area contributed by atoms with Crippen molar-refractivity contribution in [1.29, 1.82) is 0 Å².